The molecule has 1 aliphatic heterocycles. The molecule has 0 amide bonds. The number of rotatable bonds is 4. The molecule has 0 unspecified atom stereocenters. The summed E-state index contributed by atoms with van der Waals surface area (Å²) in [7, 11) is 1.54. The number of alkyl halides is 3. The third-order valence-electron chi connectivity index (χ3n) is 5.82. The molecule has 1 atom stereocenters. The molecule has 0 saturated heterocycles. The third-order valence-corrected chi connectivity index (χ3v) is 5.82. The van der Waals surface area contributed by atoms with Crippen molar-refractivity contribution in [3.05, 3.63) is 71.6 Å². The fourth-order valence-electron chi connectivity index (χ4n) is 4.24. The van der Waals surface area contributed by atoms with Crippen LogP contribution in [0.1, 0.15) is 35.0 Å². The van der Waals surface area contributed by atoms with Crippen LogP contribution in [0.2, 0.25) is 0 Å². The van der Waals surface area contributed by atoms with Gasteiger partial charge in [-0.1, -0.05) is 18.2 Å². The summed E-state index contributed by atoms with van der Waals surface area (Å²) in [6.45, 7) is 2.23. The van der Waals surface area contributed by atoms with E-state index in [-0.39, 0.29) is 5.92 Å². The SMILES string of the molecule is COc1nc(-c2nc3n(n2)C[C@H](c2ccccc2C(F)(F)F)CC3)ccc1-n1cnc(C)c1. The lowest BCUT2D eigenvalue weighted by Crippen LogP contribution is -2.22. The quantitative estimate of drug-likeness (QED) is 0.451. The molecule has 170 valence electrons. The Morgan fingerprint density at radius 3 is 2.64 bits per heavy atom. The van der Waals surface area contributed by atoms with E-state index in [1.807, 2.05) is 23.8 Å². The average molecular weight is 454 g/mol. The number of hydrogen-bond donors (Lipinski definition) is 0. The monoisotopic (exact) mass is 454 g/mol. The summed E-state index contributed by atoms with van der Waals surface area (Å²) in [5.74, 6) is 1.26. The van der Waals surface area contributed by atoms with Gasteiger partial charge in [-0.15, -0.1) is 5.10 Å². The fraction of sp³-hybridized carbons (Fsp3) is 0.304. The summed E-state index contributed by atoms with van der Waals surface area (Å²) in [6, 6.07) is 9.40. The van der Waals surface area contributed by atoms with Crippen molar-refractivity contribution in [3.63, 3.8) is 0 Å². The van der Waals surface area contributed by atoms with Crippen molar-refractivity contribution in [2.24, 2.45) is 0 Å². The molecule has 7 nitrogen and oxygen atoms in total. The van der Waals surface area contributed by atoms with Gasteiger partial charge in [0.15, 0.2) is 5.82 Å². The second-order valence-corrected chi connectivity index (χ2v) is 8.00. The van der Waals surface area contributed by atoms with Gasteiger partial charge in [-0.2, -0.15) is 13.2 Å². The summed E-state index contributed by atoms with van der Waals surface area (Å²) in [4.78, 5) is 13.4. The van der Waals surface area contributed by atoms with Crippen LogP contribution in [0.5, 0.6) is 5.88 Å². The van der Waals surface area contributed by atoms with E-state index in [2.05, 4.69) is 20.1 Å². The number of halogens is 3. The molecule has 4 heterocycles. The molecule has 1 aliphatic rings. The Labute approximate surface area is 187 Å². The molecule has 0 radical (unpaired) electrons. The van der Waals surface area contributed by atoms with Gasteiger partial charge in [0.25, 0.3) is 0 Å². The van der Waals surface area contributed by atoms with Crippen molar-refractivity contribution in [1.82, 2.24) is 29.3 Å². The van der Waals surface area contributed by atoms with Gasteiger partial charge >= 0.3 is 6.18 Å². The number of hydrogen-bond acceptors (Lipinski definition) is 5. The van der Waals surface area contributed by atoms with Gasteiger partial charge in [0, 0.05) is 25.1 Å². The van der Waals surface area contributed by atoms with Crippen LogP contribution in [0.3, 0.4) is 0 Å². The maximum Gasteiger partial charge on any atom is 0.416 e. The lowest BCUT2D eigenvalue weighted by Gasteiger charge is -2.25. The molecule has 0 aliphatic carbocycles. The number of methoxy groups -OCH3 is 1. The highest BCUT2D eigenvalue weighted by molar-refractivity contribution is 5.55. The number of aromatic nitrogens is 6. The molecule has 0 spiro atoms. The second kappa shape index (κ2) is 8.02. The Morgan fingerprint density at radius 2 is 1.91 bits per heavy atom. The molecule has 10 heteroatoms. The van der Waals surface area contributed by atoms with E-state index in [0.29, 0.717) is 42.3 Å². The predicted molar refractivity (Wildman–Crippen MR) is 114 cm³/mol. The zero-order valence-electron chi connectivity index (χ0n) is 18.0. The summed E-state index contributed by atoms with van der Waals surface area (Å²) in [6.07, 6.45) is 0.265. The highest BCUT2D eigenvalue weighted by atomic mass is 19.4. The third kappa shape index (κ3) is 3.96. The maximum atomic E-state index is 13.5. The summed E-state index contributed by atoms with van der Waals surface area (Å²) in [5, 5.41) is 4.56. The first-order valence-corrected chi connectivity index (χ1v) is 10.5. The maximum absolute atomic E-state index is 13.5. The van der Waals surface area contributed by atoms with Crippen molar-refractivity contribution < 1.29 is 17.9 Å². The highest BCUT2D eigenvalue weighted by Gasteiger charge is 2.36. The Kier molecular flexibility index (Phi) is 5.15. The Morgan fingerprint density at radius 1 is 1.09 bits per heavy atom. The molecular weight excluding hydrogens is 433 g/mol. The minimum absolute atomic E-state index is 0.292. The van der Waals surface area contributed by atoms with Crippen LogP contribution in [-0.2, 0) is 19.1 Å². The van der Waals surface area contributed by atoms with Gasteiger partial charge < -0.3 is 9.30 Å². The first-order chi connectivity index (χ1) is 15.8. The molecule has 5 rings (SSSR count). The molecule has 0 fully saturated rings. The largest absolute Gasteiger partial charge is 0.479 e. The molecule has 0 saturated carbocycles. The number of pyridine rings is 1. The van der Waals surface area contributed by atoms with E-state index in [1.165, 1.54) is 13.2 Å². The van der Waals surface area contributed by atoms with E-state index in [1.54, 1.807) is 29.2 Å². The lowest BCUT2D eigenvalue weighted by molar-refractivity contribution is -0.138. The topological polar surface area (TPSA) is 70.7 Å². The van der Waals surface area contributed by atoms with E-state index in [0.717, 1.165) is 23.3 Å². The number of ether oxygens (including phenoxy) is 1. The van der Waals surface area contributed by atoms with Gasteiger partial charge in [-0.05, 0) is 37.1 Å². The molecule has 1 aromatic carbocycles. The number of fused-ring (bicyclic) bond motifs is 1. The molecule has 0 N–H and O–H groups in total. The van der Waals surface area contributed by atoms with Crippen LogP contribution < -0.4 is 4.74 Å². The number of aryl methyl sites for hydroxylation is 2. The zero-order valence-corrected chi connectivity index (χ0v) is 18.0. The van der Waals surface area contributed by atoms with Crippen LogP contribution in [-0.4, -0.2) is 36.4 Å². The smallest absolute Gasteiger partial charge is 0.416 e. The normalized spacial score (nSPS) is 16.0. The second-order valence-electron chi connectivity index (χ2n) is 8.00. The van der Waals surface area contributed by atoms with Crippen LogP contribution >= 0.6 is 0 Å². The fourth-order valence-corrected chi connectivity index (χ4v) is 4.24. The van der Waals surface area contributed by atoms with Crippen molar-refractivity contribution in [1.29, 1.82) is 0 Å². The minimum atomic E-state index is -4.39. The minimum Gasteiger partial charge on any atom is -0.479 e. The van der Waals surface area contributed by atoms with Gasteiger partial charge in [0.1, 0.15) is 17.2 Å². The van der Waals surface area contributed by atoms with Gasteiger partial charge in [-0.3, -0.25) is 0 Å². The first kappa shape index (κ1) is 21.2. The van der Waals surface area contributed by atoms with Crippen LogP contribution in [0.15, 0.2) is 48.9 Å². The van der Waals surface area contributed by atoms with Gasteiger partial charge in [0.2, 0.25) is 5.88 Å². The first-order valence-electron chi connectivity index (χ1n) is 10.5. The molecular formula is C23H21F3N6O. The standard InChI is InChI=1S/C23H21F3N6O/c1-14-11-31(13-27-14)19-9-8-18(28-22(19)33-2)21-29-20-10-7-15(12-32(20)30-21)16-5-3-4-6-17(16)23(24,25)26/h3-6,8-9,11,13,15H,7,10,12H2,1-2H3/t15-/m1/s1. The lowest BCUT2D eigenvalue weighted by atomic mass is 9.88. The van der Waals surface area contributed by atoms with Crippen LogP contribution in [0.4, 0.5) is 13.2 Å². The number of imidazole rings is 1. The van der Waals surface area contributed by atoms with Crippen molar-refractivity contribution >= 4 is 0 Å². The molecule has 4 aromatic rings. The van der Waals surface area contributed by atoms with Crippen LogP contribution in [0.25, 0.3) is 17.2 Å². The summed E-state index contributed by atoms with van der Waals surface area (Å²) in [5.41, 5.74) is 1.84. The van der Waals surface area contributed by atoms with E-state index < -0.39 is 11.7 Å². The van der Waals surface area contributed by atoms with E-state index >= 15 is 0 Å². The number of benzene rings is 1. The molecule has 33 heavy (non-hydrogen) atoms. The Bertz CT molecular complexity index is 1310. The zero-order chi connectivity index (χ0) is 23.2. The Hall–Kier alpha value is -3.69. The Balaban J connectivity index is 1.44. The van der Waals surface area contributed by atoms with Gasteiger partial charge in [0.05, 0.1) is 24.7 Å². The summed E-state index contributed by atoms with van der Waals surface area (Å²) < 4.78 is 49.5. The van der Waals surface area contributed by atoms with Gasteiger partial charge in [-0.25, -0.2) is 19.6 Å². The number of nitrogens with zero attached hydrogens (tertiary/aromatic N) is 6. The summed E-state index contributed by atoms with van der Waals surface area (Å²) >= 11 is 0. The van der Waals surface area contributed by atoms with Crippen molar-refractivity contribution in [2.45, 2.75) is 38.4 Å². The highest BCUT2D eigenvalue weighted by Crippen LogP contribution is 2.38. The molecule has 3 aromatic heterocycles. The van der Waals surface area contributed by atoms with E-state index in [4.69, 9.17) is 4.74 Å². The van der Waals surface area contributed by atoms with Crippen molar-refractivity contribution in [3.8, 4) is 23.1 Å². The van der Waals surface area contributed by atoms with Crippen LogP contribution in [0, 0.1) is 6.92 Å². The van der Waals surface area contributed by atoms with E-state index in [9.17, 15) is 13.2 Å². The predicted octanol–water partition coefficient (Wildman–Crippen LogP) is 4.59. The molecule has 0 bridgehead atoms. The van der Waals surface area contributed by atoms with Crippen molar-refractivity contribution in [2.75, 3.05) is 7.11 Å². The average Bonchev–Trinajstić information content (AvgIpc) is 3.43.